The van der Waals surface area contributed by atoms with Gasteiger partial charge in [-0.2, -0.15) is 0 Å². The molecule has 9 nitrogen and oxygen atoms in total. The molecule has 2 fully saturated rings. The molecule has 2 unspecified atom stereocenters. The first-order valence-electron chi connectivity index (χ1n) is 10.4. The maximum Gasteiger partial charge on any atom is 0.255 e. The quantitative estimate of drug-likeness (QED) is 0.682. The number of amides is 3. The molecule has 0 aromatic heterocycles. The summed E-state index contributed by atoms with van der Waals surface area (Å²) in [6, 6.07) is 7.02. The number of nitrogens with one attached hydrogen (secondary N) is 2. The van der Waals surface area contributed by atoms with Gasteiger partial charge in [0.25, 0.3) is 5.91 Å². The van der Waals surface area contributed by atoms with Crippen LogP contribution in [0.1, 0.15) is 43.0 Å². The highest BCUT2D eigenvalue weighted by molar-refractivity contribution is 7.91. The maximum atomic E-state index is 12.7. The van der Waals surface area contributed by atoms with E-state index in [2.05, 4.69) is 10.6 Å². The lowest BCUT2D eigenvalue weighted by Crippen LogP contribution is -2.51. The monoisotopic (exact) mass is 449 g/mol. The minimum atomic E-state index is -3.15. The Morgan fingerprint density at radius 3 is 2.74 bits per heavy atom. The minimum absolute atomic E-state index is 0.0550. The largest absolute Gasteiger partial charge is 0.485 e. The fourth-order valence-corrected chi connectivity index (χ4v) is 6.63. The van der Waals surface area contributed by atoms with Gasteiger partial charge in [-0.25, -0.2) is 8.42 Å². The lowest BCUT2D eigenvalue weighted by atomic mass is 9.94. The van der Waals surface area contributed by atoms with Crippen LogP contribution in [0.5, 0.6) is 5.75 Å². The third-order valence-corrected chi connectivity index (χ3v) is 8.20. The number of carbonyl (C=O) groups excluding carboxylic acids is 3. The van der Waals surface area contributed by atoms with Crippen LogP contribution in [-0.4, -0.2) is 73.3 Å². The van der Waals surface area contributed by atoms with E-state index < -0.39 is 21.0 Å². The zero-order valence-electron chi connectivity index (χ0n) is 17.5. The van der Waals surface area contributed by atoms with Crippen molar-refractivity contribution in [2.24, 2.45) is 0 Å². The van der Waals surface area contributed by atoms with E-state index >= 15 is 0 Å². The molecule has 10 heteroatoms. The van der Waals surface area contributed by atoms with Gasteiger partial charge in [-0.1, -0.05) is 12.1 Å². The first kappa shape index (κ1) is 21.6. The number of sulfone groups is 1. The smallest absolute Gasteiger partial charge is 0.255 e. The van der Waals surface area contributed by atoms with Crippen LogP contribution in [0.25, 0.3) is 0 Å². The summed E-state index contributed by atoms with van der Waals surface area (Å²) >= 11 is 0. The third-order valence-electron chi connectivity index (χ3n) is 6.29. The number of carbonyl (C=O) groups is 3. The van der Waals surface area contributed by atoms with Crippen LogP contribution in [-0.2, 0) is 19.4 Å². The molecule has 1 aromatic carbocycles. The van der Waals surface area contributed by atoms with Crippen LogP contribution in [0.3, 0.4) is 0 Å². The fraction of sp³-hybridized carbons (Fsp3) is 0.571. The van der Waals surface area contributed by atoms with Gasteiger partial charge in [0.2, 0.25) is 11.8 Å². The number of ether oxygens (including phenoxy) is 1. The van der Waals surface area contributed by atoms with E-state index in [-0.39, 0.29) is 48.7 Å². The van der Waals surface area contributed by atoms with Crippen molar-refractivity contribution in [1.82, 2.24) is 15.5 Å². The van der Waals surface area contributed by atoms with E-state index in [1.54, 1.807) is 31.2 Å². The molecule has 2 N–H and O–H groups in total. The number of hydrogen-bond donors (Lipinski definition) is 2. The molecule has 2 atom stereocenters. The van der Waals surface area contributed by atoms with Gasteiger partial charge in [0.1, 0.15) is 11.4 Å². The number of benzene rings is 1. The molecule has 3 aliphatic heterocycles. The van der Waals surface area contributed by atoms with Crippen molar-refractivity contribution < 1.29 is 27.5 Å². The SMILES string of the molecule is CC1(NC(=O)CN2CCC3(CCC2=O)CNC(=O)c2ccccc2O3)CCS(=O)(=O)C1. The van der Waals surface area contributed by atoms with Gasteiger partial charge in [0.15, 0.2) is 9.84 Å². The van der Waals surface area contributed by atoms with Crippen LogP contribution in [0.4, 0.5) is 0 Å². The summed E-state index contributed by atoms with van der Waals surface area (Å²) < 4.78 is 29.8. The zero-order chi connectivity index (χ0) is 22.3. The minimum Gasteiger partial charge on any atom is -0.485 e. The molecule has 168 valence electrons. The molecule has 3 aliphatic rings. The van der Waals surface area contributed by atoms with Gasteiger partial charge in [-0.05, 0) is 31.9 Å². The molecular formula is C21H27N3O6S. The number of likely N-dealkylation sites (tertiary alicyclic amines) is 1. The lowest BCUT2D eigenvalue weighted by Gasteiger charge is -2.32. The Morgan fingerprint density at radius 2 is 2.00 bits per heavy atom. The molecule has 31 heavy (non-hydrogen) atoms. The van der Waals surface area contributed by atoms with E-state index in [1.807, 2.05) is 0 Å². The van der Waals surface area contributed by atoms with Crippen molar-refractivity contribution >= 4 is 27.6 Å². The zero-order valence-corrected chi connectivity index (χ0v) is 18.3. The van der Waals surface area contributed by atoms with Crippen molar-refractivity contribution in [3.05, 3.63) is 29.8 Å². The second-order valence-corrected chi connectivity index (χ2v) is 11.2. The molecule has 0 bridgehead atoms. The highest BCUT2D eigenvalue weighted by Gasteiger charge is 2.42. The summed E-state index contributed by atoms with van der Waals surface area (Å²) in [5.74, 6) is -0.284. The van der Waals surface area contributed by atoms with Crippen molar-refractivity contribution in [2.45, 2.75) is 43.7 Å². The Bertz CT molecular complexity index is 1030. The van der Waals surface area contributed by atoms with Crippen LogP contribution in [0.2, 0.25) is 0 Å². The summed E-state index contributed by atoms with van der Waals surface area (Å²) in [6.07, 6.45) is 1.45. The first-order valence-corrected chi connectivity index (χ1v) is 12.3. The maximum absolute atomic E-state index is 12.7. The van der Waals surface area contributed by atoms with Crippen molar-refractivity contribution in [3.63, 3.8) is 0 Å². The Balaban J connectivity index is 1.42. The number of fused-ring (bicyclic) bond motifs is 1. The number of rotatable bonds is 3. The van der Waals surface area contributed by atoms with E-state index in [0.717, 1.165) is 0 Å². The second kappa shape index (κ2) is 7.81. The van der Waals surface area contributed by atoms with Crippen molar-refractivity contribution in [1.29, 1.82) is 0 Å². The number of hydrogen-bond acceptors (Lipinski definition) is 6. The van der Waals surface area contributed by atoms with E-state index in [1.165, 1.54) is 4.90 Å². The van der Waals surface area contributed by atoms with Gasteiger partial charge in [-0.15, -0.1) is 0 Å². The van der Waals surface area contributed by atoms with Crippen molar-refractivity contribution in [2.75, 3.05) is 31.1 Å². The molecule has 0 saturated carbocycles. The van der Waals surface area contributed by atoms with Gasteiger partial charge >= 0.3 is 0 Å². The van der Waals surface area contributed by atoms with E-state index in [0.29, 0.717) is 37.1 Å². The molecule has 4 rings (SSSR count). The van der Waals surface area contributed by atoms with Gasteiger partial charge in [0, 0.05) is 19.4 Å². The molecule has 1 spiro atoms. The molecular weight excluding hydrogens is 422 g/mol. The van der Waals surface area contributed by atoms with E-state index in [4.69, 9.17) is 4.74 Å². The predicted molar refractivity (Wildman–Crippen MR) is 112 cm³/mol. The Labute approximate surface area is 181 Å². The predicted octanol–water partition coefficient (Wildman–Crippen LogP) is 0.254. The number of para-hydroxylation sites is 1. The summed E-state index contributed by atoms with van der Waals surface area (Å²) in [5.41, 5.74) is -1.06. The van der Waals surface area contributed by atoms with Gasteiger partial charge < -0.3 is 20.3 Å². The first-order chi connectivity index (χ1) is 14.6. The van der Waals surface area contributed by atoms with Crippen LogP contribution in [0, 0.1) is 0 Å². The second-order valence-electron chi connectivity index (χ2n) is 8.98. The van der Waals surface area contributed by atoms with E-state index in [9.17, 15) is 22.8 Å². The molecule has 1 aromatic rings. The van der Waals surface area contributed by atoms with Gasteiger partial charge in [0.05, 0.1) is 35.7 Å². The average molecular weight is 450 g/mol. The Morgan fingerprint density at radius 1 is 1.23 bits per heavy atom. The molecule has 3 amide bonds. The van der Waals surface area contributed by atoms with Crippen LogP contribution >= 0.6 is 0 Å². The normalized spacial score (nSPS) is 30.0. The molecule has 0 aliphatic carbocycles. The summed E-state index contributed by atoms with van der Waals surface area (Å²) in [6.45, 7) is 2.17. The molecule has 3 heterocycles. The fourth-order valence-electron chi connectivity index (χ4n) is 4.54. The highest BCUT2D eigenvalue weighted by Crippen LogP contribution is 2.33. The molecule has 0 radical (unpaired) electrons. The van der Waals surface area contributed by atoms with Gasteiger partial charge in [-0.3, -0.25) is 14.4 Å². The topological polar surface area (TPSA) is 122 Å². The molecule has 2 saturated heterocycles. The standard InChI is InChI=1S/C21H27N3O6S/c1-20(9-11-31(28,29)14-20)23-17(25)12-24-10-8-21(7-6-18(24)26)13-22-19(27)15-4-2-3-5-16(15)30-21/h2-5H,6-14H2,1H3,(H,22,27)(H,23,25). The third kappa shape index (κ3) is 4.68. The Kier molecular flexibility index (Phi) is 5.45. The summed E-state index contributed by atoms with van der Waals surface area (Å²) in [5, 5.41) is 5.69. The lowest BCUT2D eigenvalue weighted by molar-refractivity contribution is -0.136. The highest BCUT2D eigenvalue weighted by atomic mass is 32.2. The average Bonchev–Trinajstić information content (AvgIpc) is 2.82. The Hall–Kier alpha value is -2.62. The van der Waals surface area contributed by atoms with Crippen molar-refractivity contribution in [3.8, 4) is 5.75 Å². The summed E-state index contributed by atoms with van der Waals surface area (Å²) in [7, 11) is -3.15. The van der Waals surface area contributed by atoms with Crippen LogP contribution in [0.15, 0.2) is 24.3 Å². The summed E-state index contributed by atoms with van der Waals surface area (Å²) in [4.78, 5) is 39.1. The number of nitrogens with zero attached hydrogens (tertiary/aromatic N) is 1. The van der Waals surface area contributed by atoms with Crippen LogP contribution < -0.4 is 15.4 Å².